The van der Waals surface area contributed by atoms with Crippen LogP contribution in [-0.2, 0) is 25.7 Å². The summed E-state index contributed by atoms with van der Waals surface area (Å²) in [6, 6.07) is 8.19. The minimum Gasteiger partial charge on any atom is -0.490 e. The first-order chi connectivity index (χ1) is 17.0. The molecule has 0 spiro atoms. The molecular weight excluding hydrogens is 466 g/mol. The summed E-state index contributed by atoms with van der Waals surface area (Å²) < 4.78 is 21.9. The molecule has 9 heteroatoms. The lowest BCUT2D eigenvalue weighted by molar-refractivity contribution is -0.385. The zero-order chi connectivity index (χ0) is 27.0. The van der Waals surface area contributed by atoms with Crippen LogP contribution >= 0.6 is 0 Å². The lowest BCUT2D eigenvalue weighted by Gasteiger charge is -2.22. The second-order valence-corrected chi connectivity index (χ2v) is 8.93. The number of carbonyl (C=O) groups excluding carboxylic acids is 2. The highest BCUT2D eigenvalue weighted by molar-refractivity contribution is 5.94. The van der Waals surface area contributed by atoms with Crippen LogP contribution in [0.4, 0.5) is 5.69 Å². The van der Waals surface area contributed by atoms with E-state index in [1.54, 1.807) is 13.8 Å². The Morgan fingerprint density at radius 1 is 0.944 bits per heavy atom. The Bertz CT molecular complexity index is 1060. The third-order valence-corrected chi connectivity index (χ3v) is 5.66. The highest BCUT2D eigenvalue weighted by Crippen LogP contribution is 2.40. The fourth-order valence-electron chi connectivity index (χ4n) is 3.72. The van der Waals surface area contributed by atoms with E-state index in [9.17, 15) is 19.7 Å². The third kappa shape index (κ3) is 6.96. The normalized spacial score (nSPS) is 11.8. The number of rotatable bonds is 12. The van der Waals surface area contributed by atoms with E-state index < -0.39 is 22.8 Å². The number of esters is 2. The maximum Gasteiger partial charge on any atom is 0.320 e. The molecule has 0 heterocycles. The lowest BCUT2D eigenvalue weighted by Crippen LogP contribution is -2.27. The number of methoxy groups -OCH3 is 1. The average Bonchev–Trinajstić information content (AvgIpc) is 2.83. The second-order valence-electron chi connectivity index (χ2n) is 8.93. The number of carbonyl (C=O) groups is 2. The summed E-state index contributed by atoms with van der Waals surface area (Å²) in [4.78, 5) is 35.3. The number of ether oxygens (including phenoxy) is 4. The van der Waals surface area contributed by atoms with E-state index in [1.165, 1.54) is 25.3 Å². The lowest BCUT2D eigenvalue weighted by atomic mass is 9.91. The van der Waals surface area contributed by atoms with Gasteiger partial charge < -0.3 is 18.9 Å². The summed E-state index contributed by atoms with van der Waals surface area (Å²) in [5.41, 5.74) is 2.40. The Morgan fingerprint density at radius 2 is 1.53 bits per heavy atom. The number of nitrogens with zero attached hydrogens (tertiary/aromatic N) is 1. The third-order valence-electron chi connectivity index (χ3n) is 5.66. The van der Waals surface area contributed by atoms with Crippen LogP contribution in [0.25, 0.3) is 0 Å². The predicted molar refractivity (Wildman–Crippen MR) is 135 cm³/mol. The van der Waals surface area contributed by atoms with Gasteiger partial charge >= 0.3 is 17.6 Å². The first kappa shape index (κ1) is 28.6. The standard InChI is InChI=1S/C27H35NO8/c1-8-20(26(29)34-9-2)27(30)35-15-18-12-21(16(3)4)25(22(13-18)17(5)6)36-19-10-11-23(28(31)32)24(14-19)33-7/h10-14,16-17,20H,8-9,15H2,1-7H3. The summed E-state index contributed by atoms with van der Waals surface area (Å²) in [7, 11) is 1.37. The van der Waals surface area contributed by atoms with Gasteiger partial charge in [-0.25, -0.2) is 0 Å². The van der Waals surface area contributed by atoms with Gasteiger partial charge in [-0.1, -0.05) is 34.6 Å². The van der Waals surface area contributed by atoms with Crippen molar-refractivity contribution in [2.75, 3.05) is 13.7 Å². The molecule has 0 aliphatic rings. The minimum atomic E-state index is -0.959. The summed E-state index contributed by atoms with van der Waals surface area (Å²) in [6.45, 7) is 11.7. The molecular formula is C27H35NO8. The van der Waals surface area contributed by atoms with Crippen molar-refractivity contribution in [2.45, 2.75) is 66.4 Å². The van der Waals surface area contributed by atoms with Crippen LogP contribution in [0.2, 0.25) is 0 Å². The number of nitro benzene ring substituents is 1. The Kier molecular flexibility index (Phi) is 10.3. The van der Waals surface area contributed by atoms with E-state index in [0.29, 0.717) is 11.5 Å². The second kappa shape index (κ2) is 12.9. The average molecular weight is 502 g/mol. The smallest absolute Gasteiger partial charge is 0.320 e. The quantitative estimate of drug-likeness (QED) is 0.145. The predicted octanol–water partition coefficient (Wildman–Crippen LogP) is 6.28. The van der Waals surface area contributed by atoms with E-state index in [0.717, 1.165) is 16.7 Å². The van der Waals surface area contributed by atoms with Gasteiger partial charge in [-0.2, -0.15) is 0 Å². The molecule has 9 nitrogen and oxygen atoms in total. The van der Waals surface area contributed by atoms with Crippen LogP contribution in [0, 0.1) is 16.0 Å². The molecule has 0 aromatic heterocycles. The maximum absolute atomic E-state index is 12.5. The topological polar surface area (TPSA) is 114 Å². The van der Waals surface area contributed by atoms with Crippen molar-refractivity contribution >= 4 is 17.6 Å². The van der Waals surface area contributed by atoms with Crippen LogP contribution in [0.3, 0.4) is 0 Å². The Balaban J connectivity index is 2.40. The van der Waals surface area contributed by atoms with Gasteiger partial charge in [0.2, 0.25) is 5.75 Å². The molecule has 196 valence electrons. The Labute approximate surface area is 211 Å². The van der Waals surface area contributed by atoms with Gasteiger partial charge in [0.25, 0.3) is 0 Å². The molecule has 36 heavy (non-hydrogen) atoms. The van der Waals surface area contributed by atoms with Crippen LogP contribution in [0.1, 0.15) is 76.5 Å². The van der Waals surface area contributed by atoms with Gasteiger partial charge in [0.05, 0.1) is 18.6 Å². The fraction of sp³-hybridized carbons (Fsp3) is 0.481. The molecule has 0 amide bonds. The molecule has 0 radical (unpaired) electrons. The monoisotopic (exact) mass is 501 g/mol. The van der Waals surface area contributed by atoms with E-state index in [2.05, 4.69) is 0 Å². The molecule has 2 aromatic carbocycles. The molecule has 0 fully saturated rings. The van der Waals surface area contributed by atoms with Crippen LogP contribution in [-0.4, -0.2) is 30.6 Å². The molecule has 0 aliphatic heterocycles. The molecule has 1 atom stereocenters. The fourth-order valence-corrected chi connectivity index (χ4v) is 3.72. The van der Waals surface area contributed by atoms with Crippen molar-refractivity contribution in [1.82, 2.24) is 0 Å². The molecule has 0 aliphatic carbocycles. The van der Waals surface area contributed by atoms with Crippen molar-refractivity contribution in [3.8, 4) is 17.2 Å². The Morgan fingerprint density at radius 3 is 2.00 bits per heavy atom. The molecule has 2 rings (SSSR count). The van der Waals surface area contributed by atoms with Crippen LogP contribution in [0.15, 0.2) is 30.3 Å². The van der Waals surface area contributed by atoms with Crippen LogP contribution in [0.5, 0.6) is 17.2 Å². The van der Waals surface area contributed by atoms with Gasteiger partial charge in [0, 0.05) is 12.1 Å². The number of hydrogen-bond donors (Lipinski definition) is 0. The van der Waals surface area contributed by atoms with Gasteiger partial charge in [-0.3, -0.25) is 19.7 Å². The molecule has 2 aromatic rings. The van der Waals surface area contributed by atoms with Gasteiger partial charge in [-0.05, 0) is 60.1 Å². The van der Waals surface area contributed by atoms with Crippen molar-refractivity contribution in [3.05, 3.63) is 57.1 Å². The van der Waals surface area contributed by atoms with E-state index in [4.69, 9.17) is 18.9 Å². The molecule has 0 bridgehead atoms. The highest BCUT2D eigenvalue weighted by atomic mass is 16.6. The maximum atomic E-state index is 12.5. The van der Waals surface area contributed by atoms with Crippen molar-refractivity contribution in [1.29, 1.82) is 0 Å². The number of hydrogen-bond acceptors (Lipinski definition) is 8. The number of nitro groups is 1. The summed E-state index contributed by atoms with van der Waals surface area (Å²) >= 11 is 0. The van der Waals surface area contributed by atoms with E-state index in [1.807, 2.05) is 39.8 Å². The molecule has 0 saturated heterocycles. The molecule has 1 unspecified atom stereocenters. The SMILES string of the molecule is CCOC(=O)C(CC)C(=O)OCc1cc(C(C)C)c(Oc2ccc([N+](=O)[O-])c(OC)c2)c(C(C)C)c1. The first-order valence-electron chi connectivity index (χ1n) is 12.0. The van der Waals surface area contributed by atoms with E-state index >= 15 is 0 Å². The van der Waals surface area contributed by atoms with E-state index in [-0.39, 0.29) is 42.9 Å². The highest BCUT2D eigenvalue weighted by Gasteiger charge is 2.28. The van der Waals surface area contributed by atoms with Gasteiger partial charge in [0.15, 0.2) is 5.92 Å². The van der Waals surface area contributed by atoms with Gasteiger partial charge in [0.1, 0.15) is 18.1 Å². The molecule has 0 saturated carbocycles. The van der Waals surface area contributed by atoms with Gasteiger partial charge in [-0.15, -0.1) is 0 Å². The summed E-state index contributed by atoms with van der Waals surface area (Å²) in [5, 5.41) is 11.2. The summed E-state index contributed by atoms with van der Waals surface area (Å²) in [6.07, 6.45) is 0.289. The first-order valence-corrected chi connectivity index (χ1v) is 12.0. The minimum absolute atomic E-state index is 0.000186. The van der Waals surface area contributed by atoms with Crippen molar-refractivity contribution in [2.24, 2.45) is 5.92 Å². The zero-order valence-corrected chi connectivity index (χ0v) is 22.0. The van der Waals surface area contributed by atoms with Crippen molar-refractivity contribution in [3.63, 3.8) is 0 Å². The van der Waals surface area contributed by atoms with Crippen molar-refractivity contribution < 1.29 is 33.5 Å². The van der Waals surface area contributed by atoms with Crippen LogP contribution < -0.4 is 9.47 Å². The largest absolute Gasteiger partial charge is 0.490 e. The molecule has 0 N–H and O–H groups in total. The Hall–Kier alpha value is -3.62. The number of benzene rings is 2. The zero-order valence-electron chi connectivity index (χ0n) is 22.0. The summed E-state index contributed by atoms with van der Waals surface area (Å²) in [5.74, 6) is -0.884.